The average molecular weight is 459 g/mol. The summed E-state index contributed by atoms with van der Waals surface area (Å²) in [6.45, 7) is 15.0. The first-order valence-corrected chi connectivity index (χ1v) is 12.0. The molecule has 1 aromatic heterocycles. The predicted octanol–water partition coefficient (Wildman–Crippen LogP) is 4.92. The van der Waals surface area contributed by atoms with Gasteiger partial charge in [0, 0.05) is 36.0 Å². The number of ether oxygens (including phenoxy) is 1. The molecule has 0 unspecified atom stereocenters. The molecule has 0 radical (unpaired) electrons. The van der Waals surface area contributed by atoms with Gasteiger partial charge in [0.15, 0.2) is 5.13 Å². The smallest absolute Gasteiger partial charge is 0.410 e. The van der Waals surface area contributed by atoms with Crippen molar-refractivity contribution >= 4 is 28.5 Å². The maximum Gasteiger partial charge on any atom is 0.410 e. The Morgan fingerprint density at radius 2 is 1.94 bits per heavy atom. The Morgan fingerprint density at radius 1 is 1.25 bits per heavy atom. The van der Waals surface area contributed by atoms with Gasteiger partial charge in [0.2, 0.25) is 0 Å². The van der Waals surface area contributed by atoms with Crippen LogP contribution in [-0.4, -0.2) is 51.5 Å². The fourth-order valence-corrected chi connectivity index (χ4v) is 4.57. The van der Waals surface area contributed by atoms with E-state index in [9.17, 15) is 9.59 Å². The van der Waals surface area contributed by atoms with Crippen LogP contribution in [0.15, 0.2) is 24.3 Å². The molecule has 3 rings (SSSR count). The fourth-order valence-electron chi connectivity index (χ4n) is 3.56. The van der Waals surface area contributed by atoms with E-state index < -0.39 is 5.60 Å². The summed E-state index contributed by atoms with van der Waals surface area (Å²) in [5.74, 6) is -0.178. The molecule has 7 nitrogen and oxygen atoms in total. The summed E-state index contributed by atoms with van der Waals surface area (Å²) in [7, 11) is 0. The van der Waals surface area contributed by atoms with E-state index in [1.54, 1.807) is 4.90 Å². The lowest BCUT2D eigenvalue weighted by atomic mass is 10.1. The van der Waals surface area contributed by atoms with Crippen molar-refractivity contribution in [3.63, 3.8) is 0 Å². The first-order valence-electron chi connectivity index (χ1n) is 11.2. The van der Waals surface area contributed by atoms with Crippen molar-refractivity contribution in [1.82, 2.24) is 14.8 Å². The van der Waals surface area contributed by atoms with Gasteiger partial charge in [-0.25, -0.2) is 9.78 Å². The number of nitrogens with one attached hydrogen (secondary N) is 1. The second-order valence-electron chi connectivity index (χ2n) is 9.35. The number of benzene rings is 1. The lowest BCUT2D eigenvalue weighted by molar-refractivity contribution is 0.0225. The van der Waals surface area contributed by atoms with Crippen molar-refractivity contribution in [3.8, 4) is 0 Å². The Hall–Kier alpha value is -2.45. The minimum absolute atomic E-state index is 0.178. The van der Waals surface area contributed by atoms with Crippen LogP contribution < -0.4 is 5.32 Å². The number of amides is 2. The van der Waals surface area contributed by atoms with Gasteiger partial charge in [-0.1, -0.05) is 30.4 Å². The Morgan fingerprint density at radius 3 is 2.53 bits per heavy atom. The Labute approximate surface area is 194 Å². The number of aromatic nitrogens is 1. The van der Waals surface area contributed by atoms with Gasteiger partial charge in [-0.15, -0.1) is 0 Å². The number of carbonyl (C=O) groups excluding carboxylic acids is 2. The number of anilines is 1. The number of nitrogens with zero attached hydrogens (tertiary/aromatic N) is 3. The molecule has 0 atom stereocenters. The van der Waals surface area contributed by atoms with Crippen LogP contribution >= 0.6 is 11.3 Å². The van der Waals surface area contributed by atoms with E-state index in [1.165, 1.54) is 16.9 Å². The SMILES string of the molecule is CCN(Cc1ccc(C(=O)Nc2nc3c(s2)CN(C(=O)OC(C)(C)C)CC3)cc1)C(C)C. The van der Waals surface area contributed by atoms with Crippen molar-refractivity contribution in [1.29, 1.82) is 0 Å². The summed E-state index contributed by atoms with van der Waals surface area (Å²) < 4.78 is 5.47. The molecule has 0 spiro atoms. The molecule has 2 heterocycles. The molecule has 0 bridgehead atoms. The average Bonchev–Trinajstić information content (AvgIpc) is 3.12. The van der Waals surface area contributed by atoms with E-state index in [4.69, 9.17) is 4.74 Å². The highest BCUT2D eigenvalue weighted by molar-refractivity contribution is 7.15. The highest BCUT2D eigenvalue weighted by Gasteiger charge is 2.28. The number of carbonyl (C=O) groups is 2. The zero-order valence-electron chi connectivity index (χ0n) is 19.9. The molecule has 1 aliphatic rings. The quantitative estimate of drug-likeness (QED) is 0.665. The Kier molecular flexibility index (Phi) is 7.56. The van der Waals surface area contributed by atoms with Crippen molar-refractivity contribution in [2.75, 3.05) is 18.4 Å². The summed E-state index contributed by atoms with van der Waals surface area (Å²) in [6, 6.07) is 8.20. The van der Waals surface area contributed by atoms with Gasteiger partial charge in [0.25, 0.3) is 5.91 Å². The number of fused-ring (bicyclic) bond motifs is 1. The largest absolute Gasteiger partial charge is 0.444 e. The van der Waals surface area contributed by atoms with Crippen LogP contribution in [0.25, 0.3) is 0 Å². The number of rotatable bonds is 6. The van der Waals surface area contributed by atoms with E-state index >= 15 is 0 Å². The summed E-state index contributed by atoms with van der Waals surface area (Å²) in [5, 5.41) is 3.47. The summed E-state index contributed by atoms with van der Waals surface area (Å²) >= 11 is 1.42. The Bertz CT molecular complexity index is 947. The molecular weight excluding hydrogens is 424 g/mol. The van der Waals surface area contributed by atoms with Crippen LogP contribution in [-0.2, 0) is 24.2 Å². The zero-order chi connectivity index (χ0) is 23.5. The van der Waals surface area contributed by atoms with Crippen molar-refractivity contribution in [2.24, 2.45) is 0 Å². The molecule has 0 aliphatic carbocycles. The molecule has 0 saturated carbocycles. The van der Waals surface area contributed by atoms with Gasteiger partial charge in [-0.3, -0.25) is 15.0 Å². The van der Waals surface area contributed by atoms with Crippen molar-refractivity contribution in [3.05, 3.63) is 46.0 Å². The van der Waals surface area contributed by atoms with Crippen LogP contribution in [0.1, 0.15) is 68.0 Å². The Balaban J connectivity index is 1.61. The van der Waals surface area contributed by atoms with Crippen LogP contribution in [0.2, 0.25) is 0 Å². The summed E-state index contributed by atoms with van der Waals surface area (Å²) in [5.41, 5.74) is 2.20. The number of hydrogen-bond donors (Lipinski definition) is 1. The molecule has 174 valence electrons. The van der Waals surface area contributed by atoms with Crippen molar-refractivity contribution < 1.29 is 14.3 Å². The topological polar surface area (TPSA) is 74.8 Å². The third-order valence-electron chi connectivity index (χ3n) is 5.34. The maximum atomic E-state index is 12.7. The molecule has 0 fully saturated rings. The van der Waals surface area contributed by atoms with E-state index in [1.807, 2.05) is 45.0 Å². The summed E-state index contributed by atoms with van der Waals surface area (Å²) in [6.07, 6.45) is 0.334. The zero-order valence-corrected chi connectivity index (χ0v) is 20.7. The first-order chi connectivity index (χ1) is 15.1. The molecule has 2 aromatic rings. The standard InChI is InChI=1S/C24H34N4O3S/c1-7-27(16(2)3)14-17-8-10-18(11-9-17)21(29)26-22-25-19-12-13-28(15-20(19)32-22)23(30)31-24(4,5)6/h8-11,16H,7,12-15H2,1-6H3,(H,25,26,29). The third kappa shape index (κ3) is 6.29. The van der Waals surface area contributed by atoms with E-state index in [0.717, 1.165) is 23.7 Å². The first kappa shape index (κ1) is 24.2. The molecule has 2 amide bonds. The monoisotopic (exact) mass is 458 g/mol. The minimum Gasteiger partial charge on any atom is -0.444 e. The van der Waals surface area contributed by atoms with E-state index in [2.05, 4.69) is 36.0 Å². The summed E-state index contributed by atoms with van der Waals surface area (Å²) in [4.78, 5) is 34.7. The molecule has 0 saturated heterocycles. The van der Waals surface area contributed by atoms with Crippen molar-refractivity contribution in [2.45, 2.75) is 72.7 Å². The lowest BCUT2D eigenvalue weighted by Gasteiger charge is -2.29. The second kappa shape index (κ2) is 10.0. The molecule has 1 N–H and O–H groups in total. The fraction of sp³-hybridized carbons (Fsp3) is 0.542. The minimum atomic E-state index is -0.524. The van der Waals surface area contributed by atoms with Gasteiger partial charge in [-0.2, -0.15) is 0 Å². The maximum absolute atomic E-state index is 12.7. The van der Waals surface area contributed by atoms with Gasteiger partial charge in [0.1, 0.15) is 5.60 Å². The second-order valence-corrected chi connectivity index (χ2v) is 10.4. The number of thiazole rings is 1. The normalized spacial score (nSPS) is 13.9. The van der Waals surface area contributed by atoms with E-state index in [0.29, 0.717) is 36.2 Å². The van der Waals surface area contributed by atoms with Gasteiger partial charge >= 0.3 is 6.09 Å². The van der Waals surface area contributed by atoms with Crippen LogP contribution in [0.4, 0.5) is 9.93 Å². The van der Waals surface area contributed by atoms with Crippen LogP contribution in [0.3, 0.4) is 0 Å². The molecular formula is C24H34N4O3S. The highest BCUT2D eigenvalue weighted by atomic mass is 32.1. The highest BCUT2D eigenvalue weighted by Crippen LogP contribution is 2.29. The van der Waals surface area contributed by atoms with Gasteiger partial charge in [0.05, 0.1) is 12.2 Å². The number of hydrogen-bond acceptors (Lipinski definition) is 6. The van der Waals surface area contributed by atoms with Crippen LogP contribution in [0.5, 0.6) is 0 Å². The molecule has 8 heteroatoms. The van der Waals surface area contributed by atoms with Gasteiger partial charge in [-0.05, 0) is 58.9 Å². The van der Waals surface area contributed by atoms with Gasteiger partial charge < -0.3 is 9.64 Å². The molecule has 1 aliphatic heterocycles. The lowest BCUT2D eigenvalue weighted by Crippen LogP contribution is -2.39. The van der Waals surface area contributed by atoms with E-state index in [-0.39, 0.29) is 12.0 Å². The van der Waals surface area contributed by atoms with Crippen LogP contribution in [0, 0.1) is 0 Å². The third-order valence-corrected chi connectivity index (χ3v) is 6.34. The predicted molar refractivity (Wildman–Crippen MR) is 128 cm³/mol. The molecule has 1 aromatic carbocycles. The molecule has 32 heavy (non-hydrogen) atoms.